The number of carbonyl (C=O) groups is 2. The van der Waals surface area contributed by atoms with Crippen molar-refractivity contribution in [1.82, 2.24) is 15.0 Å². The zero-order valence-corrected chi connectivity index (χ0v) is 16.0. The van der Waals surface area contributed by atoms with Gasteiger partial charge in [-0.2, -0.15) is 19.3 Å². The third kappa shape index (κ3) is 3.79. The third-order valence-corrected chi connectivity index (χ3v) is 4.83. The van der Waals surface area contributed by atoms with Gasteiger partial charge in [-0.15, -0.1) is 0 Å². The maximum Gasteiger partial charge on any atom is 0.501 e. The van der Waals surface area contributed by atoms with Gasteiger partial charge in [0, 0.05) is 25.7 Å². The van der Waals surface area contributed by atoms with Crippen LogP contribution in [0.2, 0.25) is 0 Å². The normalized spacial score (nSPS) is 18.5. The lowest BCUT2D eigenvalue weighted by Crippen LogP contribution is -2.54. The number of nitrogens with zero attached hydrogens (tertiary/aromatic N) is 4. The van der Waals surface area contributed by atoms with Crippen LogP contribution >= 0.6 is 0 Å². The van der Waals surface area contributed by atoms with E-state index in [1.165, 1.54) is 9.48 Å². The Morgan fingerprint density at radius 2 is 2.03 bits per heavy atom. The smallest absolute Gasteiger partial charge is 0.385 e. The zero-order chi connectivity index (χ0) is 20.2. The molecule has 2 aliphatic rings. The summed E-state index contributed by atoms with van der Waals surface area (Å²) in [6.07, 6.45) is 7.77. The molecule has 4 rings (SSSR count). The highest BCUT2D eigenvalue weighted by Crippen LogP contribution is 2.22. The minimum atomic E-state index is -0.503. The van der Waals surface area contributed by atoms with Crippen LogP contribution in [0.4, 0.5) is 4.79 Å². The van der Waals surface area contributed by atoms with E-state index in [2.05, 4.69) is 10.1 Å². The van der Waals surface area contributed by atoms with Crippen molar-refractivity contribution in [3.63, 3.8) is 0 Å². The molecule has 0 radical (unpaired) electrons. The molecular weight excluding hydrogens is 372 g/mol. The van der Waals surface area contributed by atoms with Gasteiger partial charge in [-0.05, 0) is 6.08 Å². The summed E-state index contributed by atoms with van der Waals surface area (Å²) in [5.74, 6) is 0.0292. The summed E-state index contributed by atoms with van der Waals surface area (Å²) in [6.45, 7) is 0.858. The highest BCUT2D eigenvalue weighted by atomic mass is 16.5. The Balaban J connectivity index is 1.63. The molecule has 1 aliphatic carbocycles. The van der Waals surface area contributed by atoms with Crippen molar-refractivity contribution in [3.8, 4) is 11.4 Å². The van der Waals surface area contributed by atoms with E-state index in [0.29, 0.717) is 37.0 Å². The molecule has 0 spiro atoms. The molecule has 8 heteroatoms. The predicted molar refractivity (Wildman–Crippen MR) is 104 cm³/mol. The van der Waals surface area contributed by atoms with E-state index in [4.69, 9.17) is 9.26 Å². The monoisotopic (exact) mass is 393 g/mol. The standard InChI is InChI=1S/C21H21N4O4/c1-28-13-7-12-24-20(26)16-10-5-6-11-17(16)25(21(24)27)14-18-22-19(23-29-18)15-8-3-2-4-9-15/h2-6,8-11,16H,7,12-14H2,1H3/q+1. The lowest BCUT2D eigenvalue weighted by molar-refractivity contribution is -0.460. The maximum atomic E-state index is 13.1. The molecular formula is C21H21N4O4+. The zero-order valence-electron chi connectivity index (χ0n) is 16.0. The number of ether oxygens (including phenoxy) is 1. The predicted octanol–water partition coefficient (Wildman–Crippen LogP) is 2.43. The average molecular weight is 393 g/mol. The lowest BCUT2D eigenvalue weighted by atomic mass is 9.94. The first-order valence-electron chi connectivity index (χ1n) is 9.40. The second-order valence-electron chi connectivity index (χ2n) is 6.73. The Labute approximate surface area is 167 Å². The SMILES string of the molecule is COCCCN1C(=O)C2C=CC=CC2=[N+](Cc2nc(-c3ccccc3)no2)C1=O. The van der Waals surface area contributed by atoms with Crippen LogP contribution in [0.5, 0.6) is 0 Å². The Kier molecular flexibility index (Phi) is 5.44. The minimum absolute atomic E-state index is 0.0940. The molecule has 1 aromatic carbocycles. The van der Waals surface area contributed by atoms with Gasteiger partial charge in [0.15, 0.2) is 6.54 Å². The number of benzene rings is 1. The van der Waals surface area contributed by atoms with E-state index < -0.39 is 11.9 Å². The third-order valence-electron chi connectivity index (χ3n) is 4.83. The van der Waals surface area contributed by atoms with Gasteiger partial charge in [0.1, 0.15) is 11.6 Å². The second-order valence-corrected chi connectivity index (χ2v) is 6.73. The van der Waals surface area contributed by atoms with E-state index in [1.807, 2.05) is 42.5 Å². The number of allylic oxidation sites excluding steroid dienone is 3. The molecule has 1 aliphatic heterocycles. The first-order valence-corrected chi connectivity index (χ1v) is 9.40. The molecule has 0 saturated heterocycles. The molecule has 3 amide bonds. The Morgan fingerprint density at radius 3 is 2.83 bits per heavy atom. The van der Waals surface area contributed by atoms with Gasteiger partial charge in [0.2, 0.25) is 5.82 Å². The fourth-order valence-electron chi connectivity index (χ4n) is 3.41. The van der Waals surface area contributed by atoms with Crippen LogP contribution < -0.4 is 0 Å². The van der Waals surface area contributed by atoms with Crippen molar-refractivity contribution in [2.24, 2.45) is 5.92 Å². The number of hydrogen-bond donors (Lipinski definition) is 0. The van der Waals surface area contributed by atoms with Crippen LogP contribution in [0, 0.1) is 5.92 Å². The molecule has 0 bridgehead atoms. The quantitative estimate of drug-likeness (QED) is 0.530. The number of methoxy groups -OCH3 is 1. The number of fused-ring (bicyclic) bond motifs is 1. The highest BCUT2D eigenvalue weighted by molar-refractivity contribution is 6.16. The van der Waals surface area contributed by atoms with E-state index in [-0.39, 0.29) is 12.5 Å². The van der Waals surface area contributed by atoms with Crippen LogP contribution in [-0.4, -0.2) is 57.5 Å². The number of amides is 3. The van der Waals surface area contributed by atoms with Gasteiger partial charge in [-0.1, -0.05) is 53.7 Å². The molecule has 0 fully saturated rings. The number of carbonyl (C=O) groups excluding carboxylic acids is 2. The van der Waals surface area contributed by atoms with Gasteiger partial charge in [-0.3, -0.25) is 0 Å². The number of rotatable bonds is 7. The van der Waals surface area contributed by atoms with E-state index in [9.17, 15) is 9.59 Å². The van der Waals surface area contributed by atoms with Gasteiger partial charge < -0.3 is 9.26 Å². The van der Waals surface area contributed by atoms with Crippen molar-refractivity contribution < 1.29 is 23.4 Å². The second kappa shape index (κ2) is 8.32. The van der Waals surface area contributed by atoms with Crippen LogP contribution in [0.25, 0.3) is 11.4 Å². The average Bonchev–Trinajstić information content (AvgIpc) is 3.23. The number of aromatic nitrogens is 2. The molecule has 29 heavy (non-hydrogen) atoms. The summed E-state index contributed by atoms with van der Waals surface area (Å²) in [6, 6.07) is 9.07. The summed E-state index contributed by atoms with van der Waals surface area (Å²) < 4.78 is 12.0. The summed E-state index contributed by atoms with van der Waals surface area (Å²) in [5.41, 5.74) is 1.44. The van der Waals surface area contributed by atoms with Crippen molar-refractivity contribution in [2.75, 3.05) is 20.3 Å². The van der Waals surface area contributed by atoms with Gasteiger partial charge in [0.25, 0.3) is 5.89 Å². The van der Waals surface area contributed by atoms with Crippen LogP contribution in [-0.2, 0) is 16.1 Å². The topological polar surface area (TPSA) is 88.5 Å². The molecule has 8 nitrogen and oxygen atoms in total. The largest absolute Gasteiger partial charge is 0.501 e. The van der Waals surface area contributed by atoms with Gasteiger partial charge >= 0.3 is 11.9 Å². The van der Waals surface area contributed by atoms with Crippen molar-refractivity contribution in [2.45, 2.75) is 13.0 Å². The number of hydrogen-bond acceptors (Lipinski definition) is 6. The van der Waals surface area contributed by atoms with Gasteiger partial charge in [-0.25, -0.2) is 4.79 Å². The maximum absolute atomic E-state index is 13.1. The summed E-state index contributed by atoms with van der Waals surface area (Å²) in [5, 5.41) is 4.01. The summed E-state index contributed by atoms with van der Waals surface area (Å²) in [7, 11) is 1.59. The van der Waals surface area contributed by atoms with E-state index >= 15 is 0 Å². The van der Waals surface area contributed by atoms with E-state index in [0.717, 1.165) is 5.56 Å². The first kappa shape index (κ1) is 18.9. The van der Waals surface area contributed by atoms with E-state index in [1.54, 1.807) is 19.3 Å². The van der Waals surface area contributed by atoms with Gasteiger partial charge in [0.05, 0.1) is 6.54 Å². The minimum Gasteiger partial charge on any atom is -0.385 e. The summed E-state index contributed by atoms with van der Waals surface area (Å²) >= 11 is 0. The molecule has 148 valence electrons. The Bertz CT molecular complexity index is 1010. The fourth-order valence-corrected chi connectivity index (χ4v) is 3.41. The molecule has 2 aromatic rings. The van der Waals surface area contributed by atoms with Crippen LogP contribution in [0.1, 0.15) is 12.3 Å². The molecule has 1 unspecified atom stereocenters. The highest BCUT2D eigenvalue weighted by Gasteiger charge is 2.46. The van der Waals surface area contributed by atoms with Crippen molar-refractivity contribution >= 4 is 17.6 Å². The summed E-state index contributed by atoms with van der Waals surface area (Å²) in [4.78, 5) is 31.6. The molecule has 2 heterocycles. The number of imide groups is 1. The van der Waals surface area contributed by atoms with Crippen molar-refractivity contribution in [3.05, 3.63) is 60.5 Å². The molecule has 0 saturated carbocycles. The fraction of sp³-hybridized carbons (Fsp3) is 0.286. The molecule has 0 N–H and O–H groups in total. The molecule has 1 aromatic heterocycles. The van der Waals surface area contributed by atoms with Crippen LogP contribution in [0.15, 0.2) is 59.2 Å². The molecule has 1 atom stereocenters. The van der Waals surface area contributed by atoms with Crippen LogP contribution in [0.3, 0.4) is 0 Å². The first-order chi connectivity index (χ1) is 14.2. The Hall–Kier alpha value is -3.39. The van der Waals surface area contributed by atoms with Crippen molar-refractivity contribution in [1.29, 1.82) is 0 Å². The lowest BCUT2D eigenvalue weighted by Gasteiger charge is -2.26. The number of urea groups is 1. The Morgan fingerprint density at radius 1 is 1.21 bits per heavy atom.